The van der Waals surface area contributed by atoms with Crippen LogP contribution < -0.4 is 10.1 Å². The maximum atomic E-state index is 13.4. The van der Waals surface area contributed by atoms with Gasteiger partial charge in [-0.25, -0.2) is 9.37 Å². The maximum Gasteiger partial charge on any atom is 0.219 e. The highest BCUT2D eigenvalue weighted by atomic mass is 19.1. The molecule has 1 aromatic heterocycles. The molecule has 100 valence electrons. The van der Waals surface area contributed by atoms with E-state index < -0.39 is 5.82 Å². The number of halogens is 1. The van der Waals surface area contributed by atoms with E-state index in [0.717, 1.165) is 12.1 Å². The van der Waals surface area contributed by atoms with Crippen LogP contribution in [-0.4, -0.2) is 11.0 Å². The second-order valence-electron chi connectivity index (χ2n) is 4.57. The van der Waals surface area contributed by atoms with Crippen LogP contribution in [0.1, 0.15) is 19.4 Å². The molecule has 0 aliphatic carbocycles. The van der Waals surface area contributed by atoms with Gasteiger partial charge < -0.3 is 10.1 Å². The van der Waals surface area contributed by atoms with Gasteiger partial charge in [-0.1, -0.05) is 32.0 Å². The van der Waals surface area contributed by atoms with E-state index in [9.17, 15) is 4.39 Å². The molecule has 0 radical (unpaired) electrons. The van der Waals surface area contributed by atoms with E-state index in [4.69, 9.17) is 4.74 Å². The zero-order chi connectivity index (χ0) is 13.7. The predicted molar refractivity (Wildman–Crippen MR) is 72.7 cm³/mol. The van der Waals surface area contributed by atoms with Crippen LogP contribution in [-0.2, 0) is 6.54 Å². The Kier molecular flexibility index (Phi) is 4.47. The van der Waals surface area contributed by atoms with Crippen LogP contribution in [0.25, 0.3) is 0 Å². The van der Waals surface area contributed by atoms with Crippen molar-refractivity contribution in [1.29, 1.82) is 0 Å². The fraction of sp³-hybridized carbons (Fsp3) is 0.267. The van der Waals surface area contributed by atoms with Crippen LogP contribution >= 0.6 is 0 Å². The van der Waals surface area contributed by atoms with Crippen molar-refractivity contribution in [3.05, 3.63) is 54.0 Å². The van der Waals surface area contributed by atoms with Crippen molar-refractivity contribution in [3.63, 3.8) is 0 Å². The third-order valence-electron chi connectivity index (χ3n) is 2.56. The molecule has 0 spiro atoms. The molecule has 0 atom stereocenters. The summed E-state index contributed by atoms with van der Waals surface area (Å²) in [5, 5.41) is 3.30. The lowest BCUT2D eigenvalue weighted by atomic mass is 10.2. The second kappa shape index (κ2) is 6.29. The molecule has 0 amide bonds. The summed E-state index contributed by atoms with van der Waals surface area (Å²) in [7, 11) is 0. The van der Waals surface area contributed by atoms with E-state index in [1.54, 1.807) is 30.5 Å². The lowest BCUT2D eigenvalue weighted by Gasteiger charge is -2.09. The molecule has 4 heteroatoms. The molecule has 0 unspecified atom stereocenters. The molecule has 0 aliphatic heterocycles. The summed E-state index contributed by atoms with van der Waals surface area (Å²) in [6.45, 7) is 4.93. The smallest absolute Gasteiger partial charge is 0.219 e. The Morgan fingerprint density at radius 3 is 2.63 bits per heavy atom. The first-order chi connectivity index (χ1) is 9.15. The first-order valence-corrected chi connectivity index (χ1v) is 6.26. The van der Waals surface area contributed by atoms with Crippen molar-refractivity contribution in [2.75, 3.05) is 0 Å². The van der Waals surface area contributed by atoms with Gasteiger partial charge in [0.25, 0.3) is 0 Å². The predicted octanol–water partition coefficient (Wildman–Crippen LogP) is 3.51. The van der Waals surface area contributed by atoms with Gasteiger partial charge in [-0.2, -0.15) is 0 Å². The molecule has 1 aromatic carbocycles. The standard InChI is InChI=1S/C15H17FN2O/c1-11(2)17-9-12-7-8-15(18-10-12)19-14-6-4-3-5-13(14)16/h3-8,10-11,17H,9H2,1-2H3. The second-order valence-corrected chi connectivity index (χ2v) is 4.57. The van der Waals surface area contributed by atoms with Gasteiger partial charge in [-0.15, -0.1) is 0 Å². The van der Waals surface area contributed by atoms with E-state index in [1.807, 2.05) is 6.07 Å². The quantitative estimate of drug-likeness (QED) is 0.893. The number of para-hydroxylation sites is 1. The summed E-state index contributed by atoms with van der Waals surface area (Å²) >= 11 is 0. The highest BCUT2D eigenvalue weighted by molar-refractivity contribution is 5.29. The third kappa shape index (κ3) is 4.03. The SMILES string of the molecule is CC(C)NCc1ccc(Oc2ccccc2F)nc1. The molecule has 2 aromatic rings. The van der Waals surface area contributed by atoms with E-state index >= 15 is 0 Å². The monoisotopic (exact) mass is 260 g/mol. The molecule has 0 saturated heterocycles. The highest BCUT2D eigenvalue weighted by Gasteiger charge is 2.04. The lowest BCUT2D eigenvalue weighted by molar-refractivity contribution is 0.427. The van der Waals surface area contributed by atoms with E-state index in [-0.39, 0.29) is 5.75 Å². The van der Waals surface area contributed by atoms with Gasteiger partial charge >= 0.3 is 0 Å². The summed E-state index contributed by atoms with van der Waals surface area (Å²) in [4.78, 5) is 4.16. The first kappa shape index (κ1) is 13.5. The molecular weight excluding hydrogens is 243 g/mol. The Bertz CT molecular complexity index is 526. The number of aromatic nitrogens is 1. The number of hydrogen-bond donors (Lipinski definition) is 1. The molecule has 1 N–H and O–H groups in total. The van der Waals surface area contributed by atoms with Crippen LogP contribution in [0.5, 0.6) is 11.6 Å². The maximum absolute atomic E-state index is 13.4. The van der Waals surface area contributed by atoms with Crippen LogP contribution in [0.15, 0.2) is 42.6 Å². The first-order valence-electron chi connectivity index (χ1n) is 6.26. The zero-order valence-corrected chi connectivity index (χ0v) is 11.1. The van der Waals surface area contributed by atoms with Gasteiger partial charge in [0.2, 0.25) is 5.88 Å². The van der Waals surface area contributed by atoms with Crippen molar-refractivity contribution < 1.29 is 9.13 Å². The number of hydrogen-bond acceptors (Lipinski definition) is 3. The summed E-state index contributed by atoms with van der Waals surface area (Å²) < 4.78 is 18.8. The molecule has 0 fully saturated rings. The topological polar surface area (TPSA) is 34.1 Å². The zero-order valence-electron chi connectivity index (χ0n) is 11.1. The largest absolute Gasteiger partial charge is 0.436 e. The average Bonchev–Trinajstić information content (AvgIpc) is 2.40. The lowest BCUT2D eigenvalue weighted by Crippen LogP contribution is -2.21. The number of pyridine rings is 1. The van der Waals surface area contributed by atoms with Crippen LogP contribution in [0, 0.1) is 5.82 Å². The molecule has 19 heavy (non-hydrogen) atoms. The normalized spacial score (nSPS) is 10.7. The molecule has 2 rings (SSSR count). The van der Waals surface area contributed by atoms with Gasteiger partial charge in [0.15, 0.2) is 11.6 Å². The van der Waals surface area contributed by atoms with Gasteiger partial charge in [0.05, 0.1) is 0 Å². The third-order valence-corrected chi connectivity index (χ3v) is 2.56. The van der Waals surface area contributed by atoms with Gasteiger partial charge in [0, 0.05) is 24.8 Å². The number of ether oxygens (including phenoxy) is 1. The van der Waals surface area contributed by atoms with Crippen LogP contribution in [0.2, 0.25) is 0 Å². The highest BCUT2D eigenvalue weighted by Crippen LogP contribution is 2.22. The van der Waals surface area contributed by atoms with Crippen LogP contribution in [0.3, 0.4) is 0 Å². The van der Waals surface area contributed by atoms with Gasteiger partial charge in [0.1, 0.15) is 0 Å². The summed E-state index contributed by atoms with van der Waals surface area (Å²) in [5.74, 6) is 0.177. The Morgan fingerprint density at radius 1 is 1.21 bits per heavy atom. The fourth-order valence-electron chi connectivity index (χ4n) is 1.54. The number of nitrogens with zero attached hydrogens (tertiary/aromatic N) is 1. The Labute approximate surface area is 112 Å². The minimum absolute atomic E-state index is 0.183. The minimum atomic E-state index is -0.394. The number of nitrogens with one attached hydrogen (secondary N) is 1. The van der Waals surface area contributed by atoms with Crippen molar-refractivity contribution in [3.8, 4) is 11.6 Å². The van der Waals surface area contributed by atoms with Crippen molar-refractivity contribution in [1.82, 2.24) is 10.3 Å². The van der Waals surface area contributed by atoms with E-state index in [1.165, 1.54) is 6.07 Å². The molecular formula is C15H17FN2O. The van der Waals surface area contributed by atoms with E-state index in [0.29, 0.717) is 11.9 Å². The average molecular weight is 260 g/mol. The number of benzene rings is 1. The molecule has 1 heterocycles. The van der Waals surface area contributed by atoms with Crippen molar-refractivity contribution in [2.45, 2.75) is 26.4 Å². The summed E-state index contributed by atoms with van der Waals surface area (Å²) in [6, 6.07) is 10.4. The molecule has 0 saturated carbocycles. The molecule has 3 nitrogen and oxygen atoms in total. The Hall–Kier alpha value is -1.94. The number of rotatable bonds is 5. The molecule has 0 aliphatic rings. The summed E-state index contributed by atoms with van der Waals surface area (Å²) in [6.07, 6.45) is 1.73. The van der Waals surface area contributed by atoms with E-state index in [2.05, 4.69) is 24.1 Å². The Morgan fingerprint density at radius 2 is 2.00 bits per heavy atom. The minimum Gasteiger partial charge on any atom is -0.436 e. The Balaban J connectivity index is 2.01. The van der Waals surface area contributed by atoms with Gasteiger partial charge in [-0.3, -0.25) is 0 Å². The summed E-state index contributed by atoms with van der Waals surface area (Å²) in [5.41, 5.74) is 1.06. The van der Waals surface area contributed by atoms with Crippen molar-refractivity contribution >= 4 is 0 Å². The fourth-order valence-corrected chi connectivity index (χ4v) is 1.54. The van der Waals surface area contributed by atoms with Crippen molar-refractivity contribution in [2.24, 2.45) is 0 Å². The molecule has 0 bridgehead atoms. The van der Waals surface area contributed by atoms with Gasteiger partial charge in [-0.05, 0) is 17.7 Å². The van der Waals surface area contributed by atoms with Crippen LogP contribution in [0.4, 0.5) is 4.39 Å².